The van der Waals surface area contributed by atoms with Crippen LogP contribution in [0.4, 0.5) is 0 Å². The molecule has 1 fully saturated rings. The largest absolute Gasteiger partial charge is 0.358 e. The van der Waals surface area contributed by atoms with E-state index in [0.717, 1.165) is 29.6 Å². The number of carbonyl (C=O) groups is 1. The van der Waals surface area contributed by atoms with Crippen LogP contribution in [-0.4, -0.2) is 28.9 Å². The van der Waals surface area contributed by atoms with E-state index >= 15 is 0 Å². The monoisotopic (exact) mass is 284 g/mol. The van der Waals surface area contributed by atoms with Crippen LogP contribution in [0.15, 0.2) is 18.2 Å². The Hall–Kier alpha value is -1.77. The first-order valence-corrected chi connectivity index (χ1v) is 7.84. The van der Waals surface area contributed by atoms with E-state index in [4.69, 9.17) is 0 Å². The molecule has 2 unspecified atom stereocenters. The maximum atomic E-state index is 12.8. The molecule has 1 aromatic carbocycles. The van der Waals surface area contributed by atoms with Crippen LogP contribution in [0.1, 0.15) is 41.9 Å². The molecule has 0 radical (unpaired) electrons. The van der Waals surface area contributed by atoms with Crippen LogP contribution in [0.3, 0.4) is 0 Å². The van der Waals surface area contributed by atoms with Crippen LogP contribution in [0.5, 0.6) is 0 Å². The molecule has 1 aromatic heterocycles. The second kappa shape index (κ2) is 5.21. The summed E-state index contributed by atoms with van der Waals surface area (Å²) >= 11 is 0. The number of aromatic nitrogens is 1. The third-order valence-corrected chi connectivity index (χ3v) is 4.71. The van der Waals surface area contributed by atoms with Gasteiger partial charge in [0.15, 0.2) is 0 Å². The summed E-state index contributed by atoms with van der Waals surface area (Å²) < 4.78 is 0. The number of benzene rings is 1. The van der Waals surface area contributed by atoms with Gasteiger partial charge in [-0.15, -0.1) is 0 Å². The lowest BCUT2D eigenvalue weighted by molar-refractivity contribution is 0.0623. The standard InChI is InChI=1S/C18H24N2O/c1-11-7-12(2)10-20(9-11)18(21)15-5-6-17-16(8-15)13(3)14(4)19-17/h5-6,8,11-12,19H,7,9-10H2,1-4H3. The van der Waals surface area contributed by atoms with Gasteiger partial charge in [0, 0.05) is 35.2 Å². The number of hydrogen-bond donors (Lipinski definition) is 1. The van der Waals surface area contributed by atoms with E-state index in [-0.39, 0.29) is 5.91 Å². The number of nitrogens with zero attached hydrogens (tertiary/aromatic N) is 1. The molecule has 1 amide bonds. The Morgan fingerprint density at radius 1 is 1.19 bits per heavy atom. The van der Waals surface area contributed by atoms with Gasteiger partial charge in [0.2, 0.25) is 0 Å². The molecule has 0 aliphatic carbocycles. The van der Waals surface area contributed by atoms with Gasteiger partial charge in [0.25, 0.3) is 5.91 Å². The molecule has 3 heteroatoms. The maximum absolute atomic E-state index is 12.8. The average molecular weight is 284 g/mol. The first-order valence-electron chi connectivity index (χ1n) is 7.84. The predicted molar refractivity (Wildman–Crippen MR) is 86.6 cm³/mol. The molecular formula is C18H24N2O. The zero-order valence-corrected chi connectivity index (χ0v) is 13.4. The first kappa shape index (κ1) is 14.2. The summed E-state index contributed by atoms with van der Waals surface area (Å²) in [5, 5.41) is 1.16. The number of likely N-dealkylation sites (tertiary alicyclic amines) is 1. The molecule has 3 nitrogen and oxygen atoms in total. The lowest BCUT2D eigenvalue weighted by Crippen LogP contribution is -2.42. The lowest BCUT2D eigenvalue weighted by atomic mass is 9.91. The highest BCUT2D eigenvalue weighted by molar-refractivity contribution is 5.99. The van der Waals surface area contributed by atoms with Gasteiger partial charge in [0.05, 0.1) is 0 Å². The Balaban J connectivity index is 1.92. The van der Waals surface area contributed by atoms with Crippen LogP contribution in [0.2, 0.25) is 0 Å². The minimum absolute atomic E-state index is 0.175. The van der Waals surface area contributed by atoms with E-state index in [9.17, 15) is 4.79 Å². The summed E-state index contributed by atoms with van der Waals surface area (Å²) in [7, 11) is 0. The van der Waals surface area contributed by atoms with Crippen molar-refractivity contribution in [1.29, 1.82) is 0 Å². The quantitative estimate of drug-likeness (QED) is 0.847. The van der Waals surface area contributed by atoms with Crippen LogP contribution < -0.4 is 0 Å². The van der Waals surface area contributed by atoms with Crippen molar-refractivity contribution in [3.05, 3.63) is 35.0 Å². The van der Waals surface area contributed by atoms with Crippen molar-refractivity contribution in [3.63, 3.8) is 0 Å². The van der Waals surface area contributed by atoms with Crippen molar-refractivity contribution < 1.29 is 4.79 Å². The molecule has 0 saturated carbocycles. The van der Waals surface area contributed by atoms with Crippen LogP contribution in [-0.2, 0) is 0 Å². The van der Waals surface area contributed by atoms with E-state index < -0.39 is 0 Å². The summed E-state index contributed by atoms with van der Waals surface area (Å²) in [5.41, 5.74) is 4.34. The zero-order valence-electron chi connectivity index (χ0n) is 13.4. The summed E-state index contributed by atoms with van der Waals surface area (Å²) in [4.78, 5) is 18.2. The second-order valence-corrected chi connectivity index (χ2v) is 6.79. The molecule has 1 aliphatic heterocycles. The number of piperidine rings is 1. The van der Waals surface area contributed by atoms with E-state index in [0.29, 0.717) is 11.8 Å². The van der Waals surface area contributed by atoms with Gasteiger partial charge >= 0.3 is 0 Å². The average Bonchev–Trinajstić information content (AvgIpc) is 2.72. The zero-order chi connectivity index (χ0) is 15.1. The number of aromatic amines is 1. The highest BCUT2D eigenvalue weighted by atomic mass is 16.2. The molecule has 3 rings (SSSR count). The third-order valence-electron chi connectivity index (χ3n) is 4.71. The molecule has 1 N–H and O–H groups in total. The van der Waals surface area contributed by atoms with Crippen molar-refractivity contribution in [2.24, 2.45) is 11.8 Å². The third kappa shape index (κ3) is 2.57. The molecule has 1 saturated heterocycles. The molecule has 0 spiro atoms. The minimum Gasteiger partial charge on any atom is -0.358 e. The Kier molecular flexibility index (Phi) is 3.52. The van der Waals surface area contributed by atoms with Crippen LogP contribution >= 0.6 is 0 Å². The Labute approximate surface area is 126 Å². The molecule has 0 bridgehead atoms. The fourth-order valence-corrected chi connectivity index (χ4v) is 3.61. The van der Waals surface area contributed by atoms with Gasteiger partial charge in [0.1, 0.15) is 0 Å². The summed E-state index contributed by atoms with van der Waals surface area (Å²) in [6.07, 6.45) is 1.22. The van der Waals surface area contributed by atoms with Crippen molar-refractivity contribution in [3.8, 4) is 0 Å². The Morgan fingerprint density at radius 2 is 1.86 bits per heavy atom. The fourth-order valence-electron chi connectivity index (χ4n) is 3.61. The fraction of sp³-hybridized carbons (Fsp3) is 0.500. The van der Waals surface area contributed by atoms with Crippen molar-refractivity contribution in [2.75, 3.05) is 13.1 Å². The van der Waals surface area contributed by atoms with Crippen molar-refractivity contribution in [1.82, 2.24) is 9.88 Å². The molecule has 2 heterocycles. The van der Waals surface area contributed by atoms with E-state index in [1.165, 1.54) is 17.7 Å². The molecule has 112 valence electrons. The minimum atomic E-state index is 0.175. The number of nitrogens with one attached hydrogen (secondary N) is 1. The Bertz CT molecular complexity index is 676. The molecule has 1 aliphatic rings. The topological polar surface area (TPSA) is 36.1 Å². The summed E-state index contributed by atoms with van der Waals surface area (Å²) in [5.74, 6) is 1.36. The van der Waals surface area contributed by atoms with Gasteiger partial charge in [-0.25, -0.2) is 0 Å². The van der Waals surface area contributed by atoms with Gasteiger partial charge in [-0.1, -0.05) is 13.8 Å². The summed E-state index contributed by atoms with van der Waals surface area (Å²) in [6, 6.07) is 6.02. The van der Waals surface area contributed by atoms with Crippen molar-refractivity contribution >= 4 is 16.8 Å². The molecule has 21 heavy (non-hydrogen) atoms. The van der Waals surface area contributed by atoms with Crippen molar-refractivity contribution in [2.45, 2.75) is 34.1 Å². The van der Waals surface area contributed by atoms with Gasteiger partial charge in [-0.2, -0.15) is 0 Å². The second-order valence-electron chi connectivity index (χ2n) is 6.79. The predicted octanol–water partition coefficient (Wildman–Crippen LogP) is 3.90. The van der Waals surface area contributed by atoms with E-state index in [2.05, 4.69) is 32.7 Å². The maximum Gasteiger partial charge on any atom is 0.253 e. The van der Waals surface area contributed by atoms with E-state index in [1.807, 2.05) is 23.1 Å². The number of H-pyrrole nitrogens is 1. The van der Waals surface area contributed by atoms with Gasteiger partial charge in [-0.3, -0.25) is 4.79 Å². The smallest absolute Gasteiger partial charge is 0.253 e. The number of aryl methyl sites for hydroxylation is 2. The lowest BCUT2D eigenvalue weighted by Gasteiger charge is -2.35. The summed E-state index contributed by atoms with van der Waals surface area (Å²) in [6.45, 7) is 10.4. The SMILES string of the molecule is Cc1[nH]c2ccc(C(=O)N3CC(C)CC(C)C3)cc2c1C. The van der Waals surface area contributed by atoms with Crippen LogP contribution in [0.25, 0.3) is 10.9 Å². The Morgan fingerprint density at radius 3 is 2.52 bits per heavy atom. The molecule has 2 atom stereocenters. The number of fused-ring (bicyclic) bond motifs is 1. The highest BCUT2D eigenvalue weighted by Gasteiger charge is 2.26. The van der Waals surface area contributed by atoms with Crippen LogP contribution in [0, 0.1) is 25.7 Å². The van der Waals surface area contributed by atoms with E-state index in [1.54, 1.807) is 0 Å². The normalized spacial score (nSPS) is 22.8. The molecular weight excluding hydrogens is 260 g/mol. The number of amides is 1. The number of hydrogen-bond acceptors (Lipinski definition) is 1. The highest BCUT2D eigenvalue weighted by Crippen LogP contribution is 2.25. The van der Waals surface area contributed by atoms with Gasteiger partial charge < -0.3 is 9.88 Å². The first-order chi connectivity index (χ1) is 9.95. The number of rotatable bonds is 1. The molecule has 2 aromatic rings. The van der Waals surface area contributed by atoms with Gasteiger partial charge in [-0.05, 0) is 55.9 Å². The number of carbonyl (C=O) groups excluding carboxylic acids is 1.